The van der Waals surface area contributed by atoms with Gasteiger partial charge in [0.25, 0.3) is 0 Å². The summed E-state index contributed by atoms with van der Waals surface area (Å²) in [5.41, 5.74) is 2.08. The average Bonchev–Trinajstić information content (AvgIpc) is 2.60. The minimum Gasteiger partial charge on any atom is -0.393 e. The number of hydrogen-bond acceptors (Lipinski definition) is 8. The van der Waals surface area contributed by atoms with Crippen LogP contribution in [0.3, 0.4) is 0 Å². The van der Waals surface area contributed by atoms with Gasteiger partial charge in [0.2, 0.25) is 11.9 Å². The van der Waals surface area contributed by atoms with E-state index in [1.54, 1.807) is 31.3 Å². The monoisotopic (exact) mass is 399 g/mol. The predicted octanol–water partition coefficient (Wildman–Crippen LogP) is 3.47. The lowest BCUT2D eigenvalue weighted by Gasteiger charge is -2.12. The molecule has 3 heterocycles. The normalized spacial score (nSPS) is 12.1. The molecule has 3 aromatic heterocycles. The van der Waals surface area contributed by atoms with Crippen LogP contribution in [-0.4, -0.2) is 42.2 Å². The Balaban J connectivity index is 1.94. The van der Waals surface area contributed by atoms with Gasteiger partial charge >= 0.3 is 0 Å². The SMILES string of the molecule is CC(O)Cc1cc(Nc2nc(NC(C)C)nc(-c3cccc(Cl)n3)n2)ccn1. The number of nitrogens with one attached hydrogen (secondary N) is 2. The molecule has 3 N–H and O–H groups in total. The molecule has 28 heavy (non-hydrogen) atoms. The molecule has 146 valence electrons. The van der Waals surface area contributed by atoms with Crippen LogP contribution in [0.5, 0.6) is 0 Å². The fourth-order valence-corrected chi connectivity index (χ4v) is 2.67. The van der Waals surface area contributed by atoms with Crippen molar-refractivity contribution in [3.8, 4) is 11.5 Å². The van der Waals surface area contributed by atoms with E-state index >= 15 is 0 Å². The average molecular weight is 400 g/mol. The summed E-state index contributed by atoms with van der Waals surface area (Å²) in [6, 6.07) is 9.08. The molecule has 3 rings (SSSR count). The third-order valence-corrected chi connectivity index (χ3v) is 3.79. The van der Waals surface area contributed by atoms with Crippen molar-refractivity contribution < 1.29 is 5.11 Å². The number of rotatable bonds is 7. The van der Waals surface area contributed by atoms with Crippen LogP contribution in [0.4, 0.5) is 17.6 Å². The Morgan fingerprint density at radius 1 is 1.04 bits per heavy atom. The molecule has 9 heteroatoms. The number of anilines is 3. The van der Waals surface area contributed by atoms with Crippen LogP contribution in [0.1, 0.15) is 26.5 Å². The van der Waals surface area contributed by atoms with Crippen LogP contribution >= 0.6 is 11.6 Å². The van der Waals surface area contributed by atoms with Crippen LogP contribution in [0, 0.1) is 0 Å². The van der Waals surface area contributed by atoms with E-state index in [1.807, 2.05) is 26.0 Å². The van der Waals surface area contributed by atoms with Gasteiger partial charge in [-0.05, 0) is 45.0 Å². The molecule has 0 fully saturated rings. The Kier molecular flexibility index (Phi) is 6.33. The molecule has 0 spiro atoms. The summed E-state index contributed by atoms with van der Waals surface area (Å²) in [7, 11) is 0. The topological polar surface area (TPSA) is 109 Å². The summed E-state index contributed by atoms with van der Waals surface area (Å²) < 4.78 is 0. The second-order valence-electron chi connectivity index (χ2n) is 6.66. The summed E-state index contributed by atoms with van der Waals surface area (Å²) in [5.74, 6) is 1.20. The molecule has 0 saturated heterocycles. The fourth-order valence-electron chi connectivity index (χ4n) is 2.50. The quantitative estimate of drug-likeness (QED) is 0.518. The van der Waals surface area contributed by atoms with E-state index in [4.69, 9.17) is 11.6 Å². The van der Waals surface area contributed by atoms with Crippen molar-refractivity contribution in [2.24, 2.45) is 0 Å². The summed E-state index contributed by atoms with van der Waals surface area (Å²) in [6.07, 6.45) is 1.67. The maximum absolute atomic E-state index is 9.57. The molecule has 0 aliphatic heterocycles. The highest BCUT2D eigenvalue weighted by molar-refractivity contribution is 6.29. The summed E-state index contributed by atoms with van der Waals surface area (Å²) in [6.45, 7) is 5.72. The first-order valence-electron chi connectivity index (χ1n) is 8.94. The third kappa shape index (κ3) is 5.58. The number of aliphatic hydroxyl groups is 1. The second kappa shape index (κ2) is 8.90. The van der Waals surface area contributed by atoms with E-state index in [9.17, 15) is 5.11 Å². The molecule has 8 nitrogen and oxygen atoms in total. The highest BCUT2D eigenvalue weighted by Crippen LogP contribution is 2.21. The first kappa shape index (κ1) is 19.9. The van der Waals surface area contributed by atoms with Gasteiger partial charge in [-0.15, -0.1) is 0 Å². The van der Waals surface area contributed by atoms with Gasteiger partial charge in [0.15, 0.2) is 5.82 Å². The zero-order valence-corrected chi connectivity index (χ0v) is 16.6. The number of nitrogens with zero attached hydrogens (tertiary/aromatic N) is 5. The van der Waals surface area contributed by atoms with Gasteiger partial charge in [-0.3, -0.25) is 4.98 Å². The van der Waals surface area contributed by atoms with Gasteiger partial charge < -0.3 is 15.7 Å². The highest BCUT2D eigenvalue weighted by atomic mass is 35.5. The first-order chi connectivity index (χ1) is 13.4. The van der Waals surface area contributed by atoms with Gasteiger partial charge in [0.05, 0.1) is 6.10 Å². The Bertz CT molecular complexity index is 949. The van der Waals surface area contributed by atoms with E-state index in [0.29, 0.717) is 35.0 Å². The van der Waals surface area contributed by atoms with Crippen LogP contribution in [0.15, 0.2) is 36.5 Å². The molecular formula is C19H22ClN7O. The number of halogens is 1. The van der Waals surface area contributed by atoms with Crippen LogP contribution < -0.4 is 10.6 Å². The summed E-state index contributed by atoms with van der Waals surface area (Å²) >= 11 is 6.01. The zero-order valence-electron chi connectivity index (χ0n) is 15.9. The molecule has 3 aromatic rings. The lowest BCUT2D eigenvalue weighted by Crippen LogP contribution is -2.14. The van der Waals surface area contributed by atoms with Crippen LogP contribution in [0.25, 0.3) is 11.5 Å². The number of hydrogen-bond donors (Lipinski definition) is 3. The largest absolute Gasteiger partial charge is 0.393 e. The van der Waals surface area contributed by atoms with Gasteiger partial charge in [0.1, 0.15) is 10.8 Å². The van der Waals surface area contributed by atoms with Gasteiger partial charge in [-0.25, -0.2) is 4.98 Å². The molecule has 0 radical (unpaired) electrons. The molecule has 0 aliphatic rings. The maximum Gasteiger partial charge on any atom is 0.232 e. The third-order valence-electron chi connectivity index (χ3n) is 3.57. The minimum absolute atomic E-state index is 0.147. The van der Waals surface area contributed by atoms with Gasteiger partial charge in [-0.2, -0.15) is 15.0 Å². The van der Waals surface area contributed by atoms with Crippen molar-refractivity contribution in [2.45, 2.75) is 39.3 Å². The fraction of sp³-hybridized carbons (Fsp3) is 0.316. The van der Waals surface area contributed by atoms with Crippen molar-refractivity contribution >= 4 is 29.2 Å². The van der Waals surface area contributed by atoms with E-state index in [-0.39, 0.29) is 6.04 Å². The van der Waals surface area contributed by atoms with Crippen molar-refractivity contribution in [1.29, 1.82) is 0 Å². The first-order valence-corrected chi connectivity index (χ1v) is 9.32. The van der Waals surface area contributed by atoms with E-state index in [2.05, 4.69) is 35.6 Å². The molecule has 0 amide bonds. The molecule has 0 aromatic carbocycles. The molecule has 0 bridgehead atoms. The Morgan fingerprint density at radius 3 is 2.54 bits per heavy atom. The Hall–Kier alpha value is -2.84. The van der Waals surface area contributed by atoms with Crippen LogP contribution in [-0.2, 0) is 6.42 Å². The maximum atomic E-state index is 9.57. The number of aliphatic hydroxyl groups excluding tert-OH is 1. The molecule has 1 atom stereocenters. The molecule has 1 unspecified atom stereocenters. The minimum atomic E-state index is -0.470. The van der Waals surface area contributed by atoms with Crippen molar-refractivity contribution in [3.05, 3.63) is 47.4 Å². The molecule has 0 saturated carbocycles. The van der Waals surface area contributed by atoms with Crippen LogP contribution in [0.2, 0.25) is 5.15 Å². The Morgan fingerprint density at radius 2 is 1.82 bits per heavy atom. The number of pyridine rings is 2. The van der Waals surface area contributed by atoms with E-state index in [1.165, 1.54) is 0 Å². The molecule has 0 aliphatic carbocycles. The zero-order chi connectivity index (χ0) is 20.1. The van der Waals surface area contributed by atoms with Crippen molar-refractivity contribution in [2.75, 3.05) is 10.6 Å². The highest BCUT2D eigenvalue weighted by Gasteiger charge is 2.12. The van der Waals surface area contributed by atoms with Gasteiger partial charge in [0, 0.05) is 30.0 Å². The lowest BCUT2D eigenvalue weighted by atomic mass is 10.2. The second-order valence-corrected chi connectivity index (χ2v) is 7.05. The number of aromatic nitrogens is 5. The summed E-state index contributed by atoms with van der Waals surface area (Å²) in [5, 5.41) is 16.3. The standard InChI is InChI=1S/C19H22ClN7O/c1-11(2)22-18-25-17(15-5-4-6-16(20)24-15)26-19(27-18)23-13-7-8-21-14(10-13)9-12(3)28/h4-8,10-12,28H,9H2,1-3H3,(H2,21,22,23,25,26,27). The Labute approximate surface area is 168 Å². The molecular weight excluding hydrogens is 378 g/mol. The van der Waals surface area contributed by atoms with Crippen molar-refractivity contribution in [3.63, 3.8) is 0 Å². The lowest BCUT2D eigenvalue weighted by molar-refractivity contribution is 0.194. The predicted molar refractivity (Wildman–Crippen MR) is 110 cm³/mol. The van der Waals surface area contributed by atoms with Crippen molar-refractivity contribution in [1.82, 2.24) is 24.9 Å². The van der Waals surface area contributed by atoms with Gasteiger partial charge in [-0.1, -0.05) is 17.7 Å². The van der Waals surface area contributed by atoms with E-state index in [0.717, 1.165) is 11.4 Å². The smallest absolute Gasteiger partial charge is 0.232 e. The summed E-state index contributed by atoms with van der Waals surface area (Å²) in [4.78, 5) is 21.9. The van der Waals surface area contributed by atoms with E-state index < -0.39 is 6.10 Å².